The van der Waals surface area contributed by atoms with Crippen molar-refractivity contribution < 1.29 is 14.6 Å². The van der Waals surface area contributed by atoms with Gasteiger partial charge in [-0.3, -0.25) is 0 Å². The van der Waals surface area contributed by atoms with Gasteiger partial charge in [0.2, 0.25) is 0 Å². The molecule has 1 aromatic rings. The van der Waals surface area contributed by atoms with E-state index in [9.17, 15) is 9.90 Å². The molecule has 0 aromatic carbocycles. The number of nitrogens with zero attached hydrogens (tertiary/aromatic N) is 2. The van der Waals surface area contributed by atoms with Crippen LogP contribution in [0.15, 0.2) is 6.20 Å². The lowest BCUT2D eigenvalue weighted by molar-refractivity contribution is 0.0601. The normalized spacial score (nSPS) is 11.2. The first-order valence-electron chi connectivity index (χ1n) is 5.66. The van der Waals surface area contributed by atoms with Crippen LogP contribution in [0.2, 0.25) is 0 Å². The van der Waals surface area contributed by atoms with E-state index in [0.29, 0.717) is 18.2 Å². The highest BCUT2D eigenvalue weighted by Crippen LogP contribution is 2.18. The van der Waals surface area contributed by atoms with E-state index in [1.165, 1.54) is 13.3 Å². The van der Waals surface area contributed by atoms with Crippen LogP contribution in [0.4, 0.5) is 5.82 Å². The van der Waals surface area contributed by atoms with Gasteiger partial charge in [0.25, 0.3) is 0 Å². The summed E-state index contributed by atoms with van der Waals surface area (Å²) in [5, 5.41) is 12.2. The molecule has 100 valence electrons. The molecule has 0 bridgehead atoms. The Hall–Kier alpha value is -1.69. The molecule has 18 heavy (non-hydrogen) atoms. The van der Waals surface area contributed by atoms with E-state index in [2.05, 4.69) is 20.0 Å². The Bertz CT molecular complexity index is 433. The monoisotopic (exact) mass is 253 g/mol. The highest BCUT2D eigenvalue weighted by Gasteiger charge is 2.19. The largest absolute Gasteiger partial charge is 0.465 e. The molecule has 6 heteroatoms. The molecule has 0 radical (unpaired) electrons. The number of aromatic nitrogens is 2. The number of methoxy groups -OCH3 is 1. The molecule has 0 amide bonds. The summed E-state index contributed by atoms with van der Waals surface area (Å²) in [7, 11) is 1.31. The predicted octanol–water partition coefficient (Wildman–Crippen LogP) is 1.00. The number of carbonyl (C=O) groups is 1. The minimum atomic E-state index is -0.487. The van der Waals surface area contributed by atoms with Crippen molar-refractivity contribution in [3.63, 3.8) is 0 Å². The van der Waals surface area contributed by atoms with Gasteiger partial charge in [0.1, 0.15) is 17.2 Å². The van der Waals surface area contributed by atoms with Crippen molar-refractivity contribution in [2.75, 3.05) is 25.6 Å². The lowest BCUT2D eigenvalue weighted by atomic mass is 9.95. The van der Waals surface area contributed by atoms with E-state index < -0.39 is 5.97 Å². The van der Waals surface area contributed by atoms with Gasteiger partial charge in [-0.25, -0.2) is 14.8 Å². The van der Waals surface area contributed by atoms with E-state index in [0.717, 1.165) is 0 Å². The smallest absolute Gasteiger partial charge is 0.343 e. The van der Waals surface area contributed by atoms with Crippen LogP contribution < -0.4 is 5.32 Å². The second kappa shape index (κ2) is 5.77. The molecule has 1 rings (SSSR count). The molecule has 0 unspecified atom stereocenters. The Morgan fingerprint density at radius 1 is 1.56 bits per heavy atom. The number of esters is 1. The fraction of sp³-hybridized carbons (Fsp3) is 0.583. The summed E-state index contributed by atoms with van der Waals surface area (Å²) in [6.07, 6.45) is 1.43. The number of anilines is 1. The summed E-state index contributed by atoms with van der Waals surface area (Å²) in [4.78, 5) is 19.7. The Morgan fingerprint density at radius 2 is 2.22 bits per heavy atom. The van der Waals surface area contributed by atoms with Crippen molar-refractivity contribution in [3.05, 3.63) is 17.6 Å². The lowest BCUT2D eigenvalue weighted by Crippen LogP contribution is -2.28. The molecule has 0 spiro atoms. The van der Waals surface area contributed by atoms with Crippen LogP contribution in [0.3, 0.4) is 0 Å². The van der Waals surface area contributed by atoms with Crippen LogP contribution in [-0.4, -0.2) is 41.3 Å². The van der Waals surface area contributed by atoms with Crippen LogP contribution in [-0.2, 0) is 4.74 Å². The molecular weight excluding hydrogens is 234 g/mol. The number of hydrogen-bond acceptors (Lipinski definition) is 6. The molecule has 0 aliphatic carbocycles. The van der Waals surface area contributed by atoms with Crippen molar-refractivity contribution in [2.45, 2.75) is 20.8 Å². The minimum Gasteiger partial charge on any atom is -0.465 e. The van der Waals surface area contributed by atoms with E-state index in [-0.39, 0.29) is 17.6 Å². The first-order valence-corrected chi connectivity index (χ1v) is 5.66. The van der Waals surface area contributed by atoms with Crippen LogP contribution in [0.5, 0.6) is 0 Å². The molecule has 0 fully saturated rings. The standard InChI is InChI=1S/C12H19N3O3/c1-8-13-5-9(11(17)18-4)10(15-8)14-6-12(2,3)7-16/h5,16H,6-7H2,1-4H3,(H,13,14,15). The lowest BCUT2D eigenvalue weighted by Gasteiger charge is -2.22. The van der Waals surface area contributed by atoms with Crippen molar-refractivity contribution in [2.24, 2.45) is 5.41 Å². The van der Waals surface area contributed by atoms with E-state index in [1.54, 1.807) is 6.92 Å². The highest BCUT2D eigenvalue weighted by molar-refractivity contribution is 5.94. The number of ether oxygens (including phenoxy) is 1. The van der Waals surface area contributed by atoms with Crippen molar-refractivity contribution in [1.82, 2.24) is 9.97 Å². The number of aliphatic hydroxyl groups is 1. The summed E-state index contributed by atoms with van der Waals surface area (Å²) >= 11 is 0. The third-order valence-corrected chi connectivity index (χ3v) is 2.48. The first kappa shape index (κ1) is 14.4. The maximum Gasteiger partial charge on any atom is 0.343 e. The summed E-state index contributed by atoms with van der Waals surface area (Å²) in [6.45, 7) is 6.09. The van der Waals surface area contributed by atoms with Gasteiger partial charge in [-0.15, -0.1) is 0 Å². The molecule has 1 heterocycles. The maximum absolute atomic E-state index is 11.5. The van der Waals surface area contributed by atoms with Crippen LogP contribution in [0, 0.1) is 12.3 Å². The second-order valence-corrected chi connectivity index (χ2v) is 4.85. The third kappa shape index (κ3) is 3.66. The minimum absolute atomic E-state index is 0.0393. The maximum atomic E-state index is 11.5. The number of aliphatic hydroxyl groups excluding tert-OH is 1. The zero-order valence-corrected chi connectivity index (χ0v) is 11.1. The van der Waals surface area contributed by atoms with Gasteiger partial charge in [-0.1, -0.05) is 13.8 Å². The zero-order valence-electron chi connectivity index (χ0n) is 11.1. The van der Waals surface area contributed by atoms with Gasteiger partial charge in [0.05, 0.1) is 7.11 Å². The van der Waals surface area contributed by atoms with Gasteiger partial charge < -0.3 is 15.2 Å². The molecule has 0 saturated carbocycles. The molecule has 2 N–H and O–H groups in total. The molecular formula is C12H19N3O3. The molecule has 1 aromatic heterocycles. The van der Waals surface area contributed by atoms with Gasteiger partial charge >= 0.3 is 5.97 Å². The van der Waals surface area contributed by atoms with Gasteiger partial charge in [-0.05, 0) is 6.92 Å². The SMILES string of the molecule is COC(=O)c1cnc(C)nc1NCC(C)(C)CO. The quantitative estimate of drug-likeness (QED) is 0.762. The molecule has 0 aliphatic rings. The summed E-state index contributed by atoms with van der Waals surface area (Å²) in [6, 6.07) is 0. The third-order valence-electron chi connectivity index (χ3n) is 2.48. The van der Waals surface area contributed by atoms with E-state index >= 15 is 0 Å². The highest BCUT2D eigenvalue weighted by atomic mass is 16.5. The second-order valence-electron chi connectivity index (χ2n) is 4.85. The Morgan fingerprint density at radius 3 is 2.78 bits per heavy atom. The Labute approximate surface area is 106 Å². The van der Waals surface area contributed by atoms with Crippen molar-refractivity contribution in [3.8, 4) is 0 Å². The fourth-order valence-corrected chi connectivity index (χ4v) is 1.24. The van der Waals surface area contributed by atoms with E-state index in [1.807, 2.05) is 13.8 Å². The van der Waals surface area contributed by atoms with E-state index in [4.69, 9.17) is 0 Å². The average Bonchev–Trinajstić information content (AvgIpc) is 2.36. The molecule has 0 saturated heterocycles. The predicted molar refractivity (Wildman–Crippen MR) is 67.5 cm³/mol. The first-order chi connectivity index (χ1) is 8.39. The van der Waals surface area contributed by atoms with Crippen LogP contribution in [0.25, 0.3) is 0 Å². The van der Waals surface area contributed by atoms with Gasteiger partial charge in [0, 0.05) is 24.8 Å². The van der Waals surface area contributed by atoms with Crippen LogP contribution in [0.1, 0.15) is 30.0 Å². The number of hydrogen-bond donors (Lipinski definition) is 2. The van der Waals surface area contributed by atoms with Crippen LogP contribution >= 0.6 is 0 Å². The van der Waals surface area contributed by atoms with Crippen molar-refractivity contribution >= 4 is 11.8 Å². The number of carbonyl (C=O) groups excluding carboxylic acids is 1. The van der Waals surface area contributed by atoms with Crippen molar-refractivity contribution in [1.29, 1.82) is 0 Å². The molecule has 0 atom stereocenters. The summed E-state index contributed by atoms with van der Waals surface area (Å²) in [5.41, 5.74) is -0.0106. The molecule has 6 nitrogen and oxygen atoms in total. The van der Waals surface area contributed by atoms with Gasteiger partial charge in [-0.2, -0.15) is 0 Å². The topological polar surface area (TPSA) is 84.3 Å². The average molecular weight is 253 g/mol. The molecule has 0 aliphatic heterocycles. The number of nitrogens with one attached hydrogen (secondary N) is 1. The number of aryl methyl sites for hydroxylation is 1. The Balaban J connectivity index is 2.93. The zero-order chi connectivity index (χ0) is 13.8. The fourth-order valence-electron chi connectivity index (χ4n) is 1.24. The van der Waals surface area contributed by atoms with Gasteiger partial charge in [0.15, 0.2) is 0 Å². The summed E-state index contributed by atoms with van der Waals surface area (Å²) in [5.74, 6) is 0.502. The Kier molecular flexibility index (Phi) is 4.61. The number of rotatable bonds is 5. The summed E-state index contributed by atoms with van der Waals surface area (Å²) < 4.78 is 4.67.